The minimum absolute atomic E-state index is 0.273. The lowest BCUT2D eigenvalue weighted by Crippen LogP contribution is -2.44. The Bertz CT molecular complexity index is 636. The van der Waals surface area contributed by atoms with Crippen LogP contribution in [-0.4, -0.2) is 49.1 Å². The molecule has 0 aliphatic carbocycles. The zero-order valence-corrected chi connectivity index (χ0v) is 13.2. The van der Waals surface area contributed by atoms with Gasteiger partial charge in [-0.15, -0.1) is 0 Å². The minimum atomic E-state index is -0.273. The number of rotatable bonds is 3. The Morgan fingerprint density at radius 3 is 2.35 bits per heavy atom. The van der Waals surface area contributed by atoms with E-state index in [1.807, 2.05) is 24.3 Å². The van der Waals surface area contributed by atoms with Crippen molar-refractivity contribution in [2.45, 2.75) is 0 Å². The van der Waals surface area contributed by atoms with Crippen molar-refractivity contribution in [3.63, 3.8) is 0 Å². The molecule has 120 valence electrons. The number of likely N-dealkylation sites (N-methyl/N-ethyl adjacent to an activating group) is 1. The predicted molar refractivity (Wildman–Crippen MR) is 93.0 cm³/mol. The Balaban J connectivity index is 1.56. The van der Waals surface area contributed by atoms with Crippen LogP contribution < -0.4 is 15.5 Å². The fraction of sp³-hybridized carbons (Fsp3) is 0.294. The van der Waals surface area contributed by atoms with Crippen molar-refractivity contribution in [3.8, 4) is 0 Å². The number of carbonyl (C=O) groups is 1. The normalized spacial score (nSPS) is 15.3. The average Bonchev–Trinajstić information content (AvgIpc) is 2.57. The van der Waals surface area contributed by atoms with Gasteiger partial charge < -0.3 is 20.4 Å². The number of benzene rings is 1. The molecule has 0 radical (unpaired) electrons. The maximum Gasteiger partial charge on any atom is 0.323 e. The summed E-state index contributed by atoms with van der Waals surface area (Å²) in [7, 11) is 2.14. The van der Waals surface area contributed by atoms with Crippen molar-refractivity contribution in [2.24, 2.45) is 0 Å². The summed E-state index contributed by atoms with van der Waals surface area (Å²) in [5.41, 5.74) is 2.62. The monoisotopic (exact) mass is 311 g/mol. The van der Waals surface area contributed by atoms with Crippen LogP contribution in [0.3, 0.4) is 0 Å². The number of nitrogens with one attached hydrogen (secondary N) is 2. The molecule has 2 aromatic rings. The number of pyridine rings is 1. The summed E-state index contributed by atoms with van der Waals surface area (Å²) in [5.74, 6) is 0. The van der Waals surface area contributed by atoms with E-state index in [-0.39, 0.29) is 6.03 Å². The lowest BCUT2D eigenvalue weighted by Gasteiger charge is -2.34. The van der Waals surface area contributed by atoms with Gasteiger partial charge in [0.2, 0.25) is 0 Å². The second-order valence-corrected chi connectivity index (χ2v) is 5.66. The second kappa shape index (κ2) is 7.11. The molecule has 23 heavy (non-hydrogen) atoms. The maximum absolute atomic E-state index is 11.9. The molecule has 0 saturated carbocycles. The number of carbonyl (C=O) groups excluding carboxylic acids is 1. The Morgan fingerprint density at radius 1 is 1.00 bits per heavy atom. The molecule has 1 aliphatic heterocycles. The largest absolute Gasteiger partial charge is 0.369 e. The highest BCUT2D eigenvalue weighted by molar-refractivity contribution is 5.99. The Hall–Kier alpha value is -2.60. The molecule has 1 aromatic carbocycles. The SMILES string of the molecule is CN1CCN(c2ccc(NC(=O)Nc3cccnc3)cc2)CC1. The molecular formula is C17H21N5O. The van der Waals surface area contributed by atoms with E-state index >= 15 is 0 Å². The fourth-order valence-corrected chi connectivity index (χ4v) is 2.55. The predicted octanol–water partition coefficient (Wildman–Crippen LogP) is 2.48. The number of hydrogen-bond acceptors (Lipinski definition) is 4. The van der Waals surface area contributed by atoms with Crippen molar-refractivity contribution in [1.29, 1.82) is 0 Å². The molecule has 2 heterocycles. The first-order valence-electron chi connectivity index (χ1n) is 7.72. The first-order valence-corrected chi connectivity index (χ1v) is 7.72. The number of urea groups is 1. The third kappa shape index (κ3) is 4.20. The molecule has 0 unspecified atom stereocenters. The highest BCUT2D eigenvalue weighted by Gasteiger charge is 2.14. The first-order chi connectivity index (χ1) is 11.2. The van der Waals surface area contributed by atoms with Crippen LogP contribution in [0.15, 0.2) is 48.8 Å². The first kappa shape index (κ1) is 15.3. The number of nitrogens with zero attached hydrogens (tertiary/aromatic N) is 3. The number of anilines is 3. The van der Waals surface area contributed by atoms with E-state index < -0.39 is 0 Å². The molecule has 2 N–H and O–H groups in total. The number of aromatic nitrogens is 1. The number of amides is 2. The van der Waals surface area contributed by atoms with Crippen LogP contribution in [0, 0.1) is 0 Å². The second-order valence-electron chi connectivity index (χ2n) is 5.66. The molecule has 1 fully saturated rings. The van der Waals surface area contributed by atoms with Gasteiger partial charge in [0, 0.05) is 43.8 Å². The van der Waals surface area contributed by atoms with Crippen molar-refractivity contribution in [2.75, 3.05) is 48.8 Å². The van der Waals surface area contributed by atoms with Gasteiger partial charge in [-0.1, -0.05) is 0 Å². The van der Waals surface area contributed by atoms with E-state index in [1.165, 1.54) is 5.69 Å². The lowest BCUT2D eigenvalue weighted by atomic mass is 10.2. The molecule has 1 saturated heterocycles. The van der Waals surface area contributed by atoms with Gasteiger partial charge in [-0.25, -0.2) is 4.79 Å². The standard InChI is InChI=1S/C17H21N5O/c1-21-9-11-22(12-10-21)16-6-4-14(5-7-16)19-17(23)20-15-3-2-8-18-13-15/h2-8,13H,9-12H2,1H3,(H2,19,20,23). The number of hydrogen-bond donors (Lipinski definition) is 2. The molecule has 1 aliphatic rings. The van der Waals surface area contributed by atoms with Crippen LogP contribution in [0.4, 0.5) is 21.9 Å². The van der Waals surface area contributed by atoms with Gasteiger partial charge in [-0.05, 0) is 43.4 Å². The molecule has 2 amide bonds. The molecule has 1 aromatic heterocycles. The smallest absolute Gasteiger partial charge is 0.323 e. The summed E-state index contributed by atoms with van der Waals surface area (Å²) < 4.78 is 0. The van der Waals surface area contributed by atoms with Crippen LogP contribution in [0.5, 0.6) is 0 Å². The van der Waals surface area contributed by atoms with E-state index in [0.29, 0.717) is 5.69 Å². The van der Waals surface area contributed by atoms with Crippen LogP contribution in [-0.2, 0) is 0 Å². The van der Waals surface area contributed by atoms with Crippen molar-refractivity contribution >= 4 is 23.1 Å². The van der Waals surface area contributed by atoms with E-state index in [4.69, 9.17) is 0 Å². The third-order valence-electron chi connectivity index (χ3n) is 3.91. The van der Waals surface area contributed by atoms with Crippen LogP contribution in [0.1, 0.15) is 0 Å². The summed E-state index contributed by atoms with van der Waals surface area (Å²) in [6.45, 7) is 4.22. The van der Waals surface area contributed by atoms with Crippen LogP contribution in [0.25, 0.3) is 0 Å². The summed E-state index contributed by atoms with van der Waals surface area (Å²) in [6.07, 6.45) is 3.27. The Morgan fingerprint density at radius 2 is 1.70 bits per heavy atom. The Labute approximate surface area is 136 Å². The van der Waals surface area contributed by atoms with Gasteiger partial charge in [0.05, 0.1) is 11.9 Å². The van der Waals surface area contributed by atoms with E-state index in [1.54, 1.807) is 24.5 Å². The molecule has 0 atom stereocenters. The zero-order chi connectivity index (χ0) is 16.1. The molecule has 6 nitrogen and oxygen atoms in total. The molecule has 6 heteroatoms. The topological polar surface area (TPSA) is 60.5 Å². The average molecular weight is 311 g/mol. The van der Waals surface area contributed by atoms with Crippen LogP contribution in [0.2, 0.25) is 0 Å². The van der Waals surface area contributed by atoms with Crippen molar-refractivity contribution in [3.05, 3.63) is 48.8 Å². The van der Waals surface area contributed by atoms with Gasteiger partial charge in [0.15, 0.2) is 0 Å². The summed E-state index contributed by atoms with van der Waals surface area (Å²) in [6, 6.07) is 11.2. The highest BCUT2D eigenvalue weighted by atomic mass is 16.2. The van der Waals surface area contributed by atoms with E-state index in [9.17, 15) is 4.79 Å². The van der Waals surface area contributed by atoms with Gasteiger partial charge in [-0.2, -0.15) is 0 Å². The Kier molecular flexibility index (Phi) is 4.73. The summed E-state index contributed by atoms with van der Waals surface area (Å²) >= 11 is 0. The molecule has 0 spiro atoms. The zero-order valence-electron chi connectivity index (χ0n) is 13.2. The van der Waals surface area contributed by atoms with Crippen molar-refractivity contribution < 1.29 is 4.79 Å². The van der Waals surface area contributed by atoms with Gasteiger partial charge in [0.1, 0.15) is 0 Å². The third-order valence-corrected chi connectivity index (χ3v) is 3.91. The fourth-order valence-electron chi connectivity index (χ4n) is 2.55. The minimum Gasteiger partial charge on any atom is -0.369 e. The quantitative estimate of drug-likeness (QED) is 0.914. The maximum atomic E-state index is 11.9. The summed E-state index contributed by atoms with van der Waals surface area (Å²) in [4.78, 5) is 20.6. The molecular weight excluding hydrogens is 290 g/mol. The van der Waals surface area contributed by atoms with E-state index in [0.717, 1.165) is 31.9 Å². The van der Waals surface area contributed by atoms with Crippen molar-refractivity contribution in [1.82, 2.24) is 9.88 Å². The molecule has 0 bridgehead atoms. The van der Waals surface area contributed by atoms with Crippen LogP contribution >= 0.6 is 0 Å². The highest BCUT2D eigenvalue weighted by Crippen LogP contribution is 2.19. The molecule has 3 rings (SSSR count). The lowest BCUT2D eigenvalue weighted by molar-refractivity contribution is 0.262. The number of piperazine rings is 1. The van der Waals surface area contributed by atoms with Gasteiger partial charge >= 0.3 is 6.03 Å². The summed E-state index contributed by atoms with van der Waals surface area (Å²) in [5, 5.41) is 5.57. The van der Waals surface area contributed by atoms with Gasteiger partial charge in [-0.3, -0.25) is 4.98 Å². The van der Waals surface area contributed by atoms with E-state index in [2.05, 4.69) is 32.5 Å². The van der Waals surface area contributed by atoms with Gasteiger partial charge in [0.25, 0.3) is 0 Å².